The van der Waals surface area contributed by atoms with Crippen LogP contribution in [-0.4, -0.2) is 19.3 Å². The molecule has 0 spiro atoms. The van der Waals surface area contributed by atoms with Crippen LogP contribution in [0.4, 0.5) is 0 Å². The third-order valence-electron chi connectivity index (χ3n) is 10.1. The molecule has 7 rings (SSSR count). The molecular weight excluding hydrogens is 625 g/mol. The molecule has 3 heterocycles. The Bertz CT molecular complexity index is 2300. The van der Waals surface area contributed by atoms with Gasteiger partial charge in [0.1, 0.15) is 17.3 Å². The van der Waals surface area contributed by atoms with Gasteiger partial charge in [0.2, 0.25) is 0 Å². The lowest BCUT2D eigenvalue weighted by atomic mass is 9.86. The number of aryl methyl sites for hydroxylation is 2. The zero-order valence-electron chi connectivity index (χ0n) is 31.2. The second-order valence-electron chi connectivity index (χ2n) is 15.3. The van der Waals surface area contributed by atoms with Crippen molar-refractivity contribution < 1.29 is 4.74 Å². The molecule has 0 amide bonds. The molecular formula is C46H50N4O. The van der Waals surface area contributed by atoms with Gasteiger partial charge in [-0.05, 0) is 110 Å². The van der Waals surface area contributed by atoms with E-state index in [9.17, 15) is 0 Å². The van der Waals surface area contributed by atoms with Crippen molar-refractivity contribution in [3.05, 3.63) is 132 Å². The van der Waals surface area contributed by atoms with Crippen LogP contribution >= 0.6 is 0 Å². The molecule has 0 saturated heterocycles. The van der Waals surface area contributed by atoms with E-state index >= 15 is 0 Å². The summed E-state index contributed by atoms with van der Waals surface area (Å²) in [5.74, 6) is 2.96. The van der Waals surface area contributed by atoms with Crippen molar-refractivity contribution >= 4 is 21.8 Å². The minimum Gasteiger partial charge on any atom is -0.457 e. The van der Waals surface area contributed by atoms with E-state index in [1.54, 1.807) is 0 Å². The fraction of sp³-hybridized carbons (Fsp3) is 0.304. The fourth-order valence-corrected chi connectivity index (χ4v) is 7.50. The van der Waals surface area contributed by atoms with Gasteiger partial charge in [0.25, 0.3) is 0 Å². The van der Waals surface area contributed by atoms with Crippen LogP contribution in [0.25, 0.3) is 44.4 Å². The maximum absolute atomic E-state index is 6.62. The molecule has 0 N–H and O–H groups in total. The van der Waals surface area contributed by atoms with E-state index in [1.807, 2.05) is 29.1 Å². The van der Waals surface area contributed by atoms with E-state index in [4.69, 9.17) is 14.8 Å². The van der Waals surface area contributed by atoms with Crippen LogP contribution in [0.15, 0.2) is 109 Å². The summed E-state index contributed by atoms with van der Waals surface area (Å²) in [4.78, 5) is 4.90. The summed E-state index contributed by atoms with van der Waals surface area (Å²) < 4.78 is 10.9. The minimum atomic E-state index is 0.362. The zero-order valence-corrected chi connectivity index (χ0v) is 31.2. The summed E-state index contributed by atoms with van der Waals surface area (Å²) in [6.07, 6.45) is 7.71. The molecule has 1 atom stereocenters. The Morgan fingerprint density at radius 3 is 2.37 bits per heavy atom. The molecule has 5 nitrogen and oxygen atoms in total. The van der Waals surface area contributed by atoms with E-state index in [0.29, 0.717) is 11.3 Å². The van der Waals surface area contributed by atoms with Gasteiger partial charge in [-0.3, -0.25) is 4.57 Å². The van der Waals surface area contributed by atoms with E-state index in [1.165, 1.54) is 52.3 Å². The topological polar surface area (TPSA) is 44.9 Å². The van der Waals surface area contributed by atoms with E-state index in [0.717, 1.165) is 58.3 Å². The lowest BCUT2D eigenvalue weighted by molar-refractivity contribution is 0.354. The van der Waals surface area contributed by atoms with Gasteiger partial charge in [-0.15, -0.1) is 0 Å². The molecule has 5 heteroatoms. The Morgan fingerprint density at radius 1 is 0.784 bits per heavy atom. The highest BCUT2D eigenvalue weighted by molar-refractivity contribution is 6.09. The van der Waals surface area contributed by atoms with Gasteiger partial charge >= 0.3 is 0 Å². The summed E-state index contributed by atoms with van der Waals surface area (Å²) in [5, 5.41) is 7.39. The number of fused-ring (bicyclic) bond motifs is 3. The van der Waals surface area contributed by atoms with Crippen molar-refractivity contribution in [2.45, 2.75) is 86.5 Å². The average Bonchev–Trinajstić information content (AvgIpc) is 3.60. The van der Waals surface area contributed by atoms with Crippen molar-refractivity contribution in [3.63, 3.8) is 0 Å². The average molecular weight is 675 g/mol. The standard InChI is InChI=1S/C46H50N4O/c1-8-14-34-24-26-47-44(27-34)49-42-23-20-36(31(2)15-13-25-46(5,6)7)28-41(42)40-22-21-39(30-43(40)49)51-38-19-12-18-37(29-38)50-33(4)45(32(3)48-50)35-16-10-9-11-17-35/h9-12,16-24,26-31H,8,13-15,25H2,1-7H3. The van der Waals surface area contributed by atoms with Crippen molar-refractivity contribution in [2.24, 2.45) is 5.41 Å². The van der Waals surface area contributed by atoms with Gasteiger partial charge in [0, 0.05) is 40.4 Å². The summed E-state index contributed by atoms with van der Waals surface area (Å²) in [6, 6.07) is 36.5. The normalized spacial score (nSPS) is 12.5. The van der Waals surface area contributed by atoms with Crippen molar-refractivity contribution in [3.8, 4) is 34.1 Å². The third kappa shape index (κ3) is 7.21. The number of hydrogen-bond acceptors (Lipinski definition) is 3. The maximum atomic E-state index is 6.62. The number of nitrogens with zero attached hydrogens (tertiary/aromatic N) is 4. The number of rotatable bonds is 11. The second-order valence-corrected chi connectivity index (χ2v) is 15.3. The number of hydrogen-bond donors (Lipinski definition) is 0. The first kappa shape index (κ1) is 34.3. The monoisotopic (exact) mass is 674 g/mol. The molecule has 0 aliphatic rings. The lowest BCUT2D eigenvalue weighted by Gasteiger charge is -2.19. The molecule has 0 saturated carbocycles. The quantitative estimate of drug-likeness (QED) is 0.137. The first-order valence-electron chi connectivity index (χ1n) is 18.5. The zero-order chi connectivity index (χ0) is 35.7. The van der Waals surface area contributed by atoms with Gasteiger partial charge in [0.15, 0.2) is 0 Å². The van der Waals surface area contributed by atoms with Crippen molar-refractivity contribution in [2.75, 3.05) is 0 Å². The SMILES string of the molecule is CCCc1ccnc(-n2c3ccc(C(C)CCCC(C)(C)C)cc3c3ccc(Oc4cccc(-n5nc(C)c(-c6ccccc6)c5C)c4)cc32)c1. The lowest BCUT2D eigenvalue weighted by Crippen LogP contribution is -2.05. The Hall–Kier alpha value is -5.16. The number of pyridine rings is 1. The molecule has 0 aliphatic heterocycles. The highest BCUT2D eigenvalue weighted by Crippen LogP contribution is 2.38. The maximum Gasteiger partial charge on any atom is 0.137 e. The Labute approximate surface area is 302 Å². The fourth-order valence-electron chi connectivity index (χ4n) is 7.50. The molecule has 0 bridgehead atoms. The van der Waals surface area contributed by atoms with Crippen LogP contribution in [0, 0.1) is 19.3 Å². The van der Waals surface area contributed by atoms with Crippen molar-refractivity contribution in [1.82, 2.24) is 19.3 Å². The van der Waals surface area contributed by atoms with Crippen LogP contribution in [0.2, 0.25) is 0 Å². The molecule has 3 aromatic heterocycles. The first-order chi connectivity index (χ1) is 24.6. The number of aromatic nitrogens is 4. The molecule has 4 aromatic carbocycles. The van der Waals surface area contributed by atoms with E-state index < -0.39 is 0 Å². The molecule has 1 unspecified atom stereocenters. The van der Waals surface area contributed by atoms with Crippen LogP contribution in [0.1, 0.15) is 88.7 Å². The smallest absolute Gasteiger partial charge is 0.137 e. The second kappa shape index (κ2) is 14.2. The van der Waals surface area contributed by atoms with Crippen LogP contribution < -0.4 is 4.74 Å². The largest absolute Gasteiger partial charge is 0.457 e. The minimum absolute atomic E-state index is 0.362. The number of ether oxygens (including phenoxy) is 1. The van der Waals surface area contributed by atoms with E-state index in [2.05, 4.69) is 138 Å². The molecule has 0 aliphatic carbocycles. The van der Waals surface area contributed by atoms with Crippen molar-refractivity contribution in [1.29, 1.82) is 0 Å². The summed E-state index contributed by atoms with van der Waals surface area (Å²) >= 11 is 0. The molecule has 51 heavy (non-hydrogen) atoms. The Kier molecular flexibility index (Phi) is 9.56. The predicted octanol–water partition coefficient (Wildman–Crippen LogP) is 12.7. The van der Waals surface area contributed by atoms with E-state index in [-0.39, 0.29) is 0 Å². The molecule has 0 fully saturated rings. The van der Waals surface area contributed by atoms with Gasteiger partial charge in [0.05, 0.1) is 22.4 Å². The summed E-state index contributed by atoms with van der Waals surface area (Å²) in [6.45, 7) is 15.8. The van der Waals surface area contributed by atoms with Crippen LogP contribution in [0.3, 0.4) is 0 Å². The number of benzene rings is 4. The van der Waals surface area contributed by atoms with Gasteiger partial charge < -0.3 is 4.74 Å². The molecule has 0 radical (unpaired) electrons. The van der Waals surface area contributed by atoms with Gasteiger partial charge in [-0.1, -0.05) is 89.9 Å². The Balaban J connectivity index is 1.26. The van der Waals surface area contributed by atoms with Crippen LogP contribution in [0.5, 0.6) is 11.5 Å². The highest BCUT2D eigenvalue weighted by atomic mass is 16.5. The highest BCUT2D eigenvalue weighted by Gasteiger charge is 2.19. The summed E-state index contributed by atoms with van der Waals surface area (Å²) in [7, 11) is 0. The first-order valence-corrected chi connectivity index (χ1v) is 18.5. The predicted molar refractivity (Wildman–Crippen MR) is 213 cm³/mol. The van der Waals surface area contributed by atoms with Gasteiger partial charge in [-0.2, -0.15) is 5.10 Å². The Morgan fingerprint density at radius 2 is 1.59 bits per heavy atom. The van der Waals surface area contributed by atoms with Crippen LogP contribution in [-0.2, 0) is 6.42 Å². The van der Waals surface area contributed by atoms with Gasteiger partial charge in [-0.25, -0.2) is 9.67 Å². The summed E-state index contributed by atoms with van der Waals surface area (Å²) in [5.41, 5.74) is 10.7. The molecule has 260 valence electrons. The third-order valence-corrected chi connectivity index (χ3v) is 10.1. The molecule has 7 aromatic rings.